The highest BCUT2D eigenvalue weighted by Gasteiger charge is 2.40. The van der Waals surface area contributed by atoms with Crippen LogP contribution in [0.25, 0.3) is 0 Å². The van der Waals surface area contributed by atoms with Crippen molar-refractivity contribution in [3.8, 4) is 5.75 Å². The van der Waals surface area contributed by atoms with E-state index in [1.165, 1.54) is 5.56 Å². The third kappa shape index (κ3) is 3.90. The van der Waals surface area contributed by atoms with Crippen LogP contribution in [-0.4, -0.2) is 49.5 Å². The number of hydrogen-bond donors (Lipinski definition) is 0. The molecule has 2 heterocycles. The fourth-order valence-corrected chi connectivity index (χ4v) is 3.17. The number of piperidine rings is 1. The van der Waals surface area contributed by atoms with Crippen LogP contribution in [-0.2, 0) is 19.7 Å². The molecule has 1 aromatic carbocycles. The summed E-state index contributed by atoms with van der Waals surface area (Å²) < 4.78 is 17.1. The van der Waals surface area contributed by atoms with E-state index in [2.05, 4.69) is 26.8 Å². The maximum atomic E-state index is 12.4. The van der Waals surface area contributed by atoms with Crippen molar-refractivity contribution in [2.75, 3.05) is 32.9 Å². The Labute approximate surface area is 143 Å². The van der Waals surface area contributed by atoms with Gasteiger partial charge in [-0.05, 0) is 23.1 Å². The Bertz CT molecular complexity index is 577. The minimum Gasteiger partial charge on any atom is -0.484 e. The fraction of sp³-hybridized carbons (Fsp3) is 0.632. The van der Waals surface area contributed by atoms with Crippen molar-refractivity contribution < 1.29 is 19.0 Å². The molecule has 0 aliphatic carbocycles. The van der Waals surface area contributed by atoms with E-state index in [0.29, 0.717) is 26.3 Å². The molecule has 1 spiro atoms. The lowest BCUT2D eigenvalue weighted by Crippen LogP contribution is -2.48. The third-order valence-electron chi connectivity index (χ3n) is 4.75. The van der Waals surface area contributed by atoms with Crippen LogP contribution in [0, 0.1) is 0 Å². The number of carbonyl (C=O) groups is 1. The first-order chi connectivity index (χ1) is 11.4. The zero-order chi connectivity index (χ0) is 17.2. The molecule has 0 atom stereocenters. The van der Waals surface area contributed by atoms with Gasteiger partial charge in [-0.2, -0.15) is 0 Å². The topological polar surface area (TPSA) is 48.0 Å². The Kier molecular flexibility index (Phi) is 4.83. The minimum absolute atomic E-state index is 0.0176. The van der Waals surface area contributed by atoms with E-state index in [4.69, 9.17) is 14.2 Å². The Morgan fingerprint density at radius 1 is 1.21 bits per heavy atom. The van der Waals surface area contributed by atoms with Crippen LogP contribution in [0.3, 0.4) is 0 Å². The van der Waals surface area contributed by atoms with Crippen LogP contribution >= 0.6 is 0 Å². The zero-order valence-corrected chi connectivity index (χ0v) is 14.8. The quantitative estimate of drug-likeness (QED) is 0.853. The summed E-state index contributed by atoms with van der Waals surface area (Å²) in [6.45, 7) is 9.18. The van der Waals surface area contributed by atoms with Gasteiger partial charge in [-0.1, -0.05) is 32.9 Å². The lowest BCUT2D eigenvalue weighted by Gasteiger charge is -2.37. The van der Waals surface area contributed by atoms with Crippen molar-refractivity contribution in [1.29, 1.82) is 0 Å². The summed E-state index contributed by atoms with van der Waals surface area (Å²) in [5, 5.41) is 0. The Hall–Kier alpha value is -1.59. The van der Waals surface area contributed by atoms with Gasteiger partial charge in [0.05, 0.1) is 13.2 Å². The second-order valence-electron chi connectivity index (χ2n) is 7.55. The van der Waals surface area contributed by atoms with Gasteiger partial charge in [-0.3, -0.25) is 4.79 Å². The van der Waals surface area contributed by atoms with Gasteiger partial charge < -0.3 is 19.1 Å². The normalized spacial score (nSPS) is 20.4. The Morgan fingerprint density at radius 3 is 2.50 bits per heavy atom. The summed E-state index contributed by atoms with van der Waals surface area (Å²) in [4.78, 5) is 14.2. The number of likely N-dealkylation sites (tertiary alicyclic amines) is 1. The summed E-state index contributed by atoms with van der Waals surface area (Å²) in [6, 6.07) is 7.97. The lowest BCUT2D eigenvalue weighted by atomic mass is 9.87. The number of rotatable bonds is 3. The van der Waals surface area contributed by atoms with Crippen molar-refractivity contribution in [2.45, 2.75) is 44.8 Å². The minimum atomic E-state index is -0.446. The molecule has 5 heteroatoms. The molecule has 0 N–H and O–H groups in total. The molecule has 2 saturated heterocycles. The van der Waals surface area contributed by atoms with E-state index in [1.807, 2.05) is 23.1 Å². The Morgan fingerprint density at radius 2 is 1.88 bits per heavy atom. The molecule has 132 valence electrons. The Balaban J connectivity index is 1.51. The molecule has 0 unspecified atom stereocenters. The van der Waals surface area contributed by atoms with Crippen molar-refractivity contribution in [3.05, 3.63) is 29.8 Å². The van der Waals surface area contributed by atoms with E-state index < -0.39 is 5.79 Å². The highest BCUT2D eigenvalue weighted by atomic mass is 16.7. The molecular formula is C19H27NO4. The van der Waals surface area contributed by atoms with Gasteiger partial charge >= 0.3 is 0 Å². The number of hydrogen-bond acceptors (Lipinski definition) is 4. The van der Waals surface area contributed by atoms with E-state index in [0.717, 1.165) is 18.6 Å². The smallest absolute Gasteiger partial charge is 0.260 e. The van der Waals surface area contributed by atoms with Crippen molar-refractivity contribution in [2.24, 2.45) is 0 Å². The molecule has 1 amide bonds. The second kappa shape index (κ2) is 6.73. The molecule has 2 aliphatic rings. The van der Waals surface area contributed by atoms with Crippen molar-refractivity contribution in [1.82, 2.24) is 4.90 Å². The fourth-order valence-electron chi connectivity index (χ4n) is 3.17. The molecule has 1 aromatic rings. The van der Waals surface area contributed by atoms with Gasteiger partial charge in [-0.25, -0.2) is 0 Å². The average molecular weight is 333 g/mol. The van der Waals surface area contributed by atoms with Crippen LogP contribution in [0.15, 0.2) is 24.3 Å². The zero-order valence-electron chi connectivity index (χ0n) is 14.8. The molecule has 0 saturated carbocycles. The maximum Gasteiger partial charge on any atom is 0.260 e. The van der Waals surface area contributed by atoms with Crippen LogP contribution < -0.4 is 4.74 Å². The monoisotopic (exact) mass is 333 g/mol. The first kappa shape index (κ1) is 17.2. The third-order valence-corrected chi connectivity index (χ3v) is 4.75. The molecule has 0 aromatic heterocycles. The van der Waals surface area contributed by atoms with Gasteiger partial charge in [0.2, 0.25) is 0 Å². The molecule has 24 heavy (non-hydrogen) atoms. The standard InChI is InChI=1S/C19H27NO4/c1-18(2,3)15-5-4-6-16(13-15)22-14-17(21)20-9-7-19(8-10-20)23-11-12-24-19/h4-6,13H,7-12,14H2,1-3H3. The van der Waals surface area contributed by atoms with Gasteiger partial charge in [0.15, 0.2) is 12.4 Å². The largest absolute Gasteiger partial charge is 0.484 e. The number of carbonyl (C=O) groups excluding carboxylic acids is 1. The SMILES string of the molecule is CC(C)(C)c1cccc(OCC(=O)N2CCC3(CC2)OCCO3)c1. The van der Waals surface area contributed by atoms with E-state index in [9.17, 15) is 4.79 Å². The number of nitrogens with zero attached hydrogens (tertiary/aromatic N) is 1. The molecule has 3 rings (SSSR count). The van der Waals surface area contributed by atoms with Gasteiger partial charge in [-0.15, -0.1) is 0 Å². The van der Waals surface area contributed by atoms with Crippen molar-refractivity contribution in [3.63, 3.8) is 0 Å². The van der Waals surface area contributed by atoms with E-state index in [1.54, 1.807) is 0 Å². The maximum absolute atomic E-state index is 12.4. The molecule has 0 bridgehead atoms. The van der Waals surface area contributed by atoms with Gasteiger partial charge in [0, 0.05) is 25.9 Å². The predicted molar refractivity (Wildman–Crippen MR) is 91.1 cm³/mol. The highest BCUT2D eigenvalue weighted by Crippen LogP contribution is 2.31. The van der Waals surface area contributed by atoms with Crippen LogP contribution in [0.1, 0.15) is 39.2 Å². The van der Waals surface area contributed by atoms with E-state index >= 15 is 0 Å². The summed E-state index contributed by atoms with van der Waals surface area (Å²) in [7, 11) is 0. The summed E-state index contributed by atoms with van der Waals surface area (Å²) >= 11 is 0. The molecule has 2 fully saturated rings. The molecular weight excluding hydrogens is 306 g/mol. The number of ether oxygens (including phenoxy) is 3. The summed E-state index contributed by atoms with van der Waals surface area (Å²) in [5.74, 6) is 0.314. The van der Waals surface area contributed by atoms with E-state index in [-0.39, 0.29) is 17.9 Å². The highest BCUT2D eigenvalue weighted by molar-refractivity contribution is 5.77. The van der Waals surface area contributed by atoms with Crippen LogP contribution in [0.2, 0.25) is 0 Å². The van der Waals surface area contributed by atoms with Crippen LogP contribution in [0.4, 0.5) is 0 Å². The lowest BCUT2D eigenvalue weighted by molar-refractivity contribution is -0.187. The first-order valence-corrected chi connectivity index (χ1v) is 8.67. The average Bonchev–Trinajstić information content (AvgIpc) is 3.01. The second-order valence-corrected chi connectivity index (χ2v) is 7.55. The van der Waals surface area contributed by atoms with Gasteiger partial charge in [0.25, 0.3) is 5.91 Å². The van der Waals surface area contributed by atoms with Gasteiger partial charge in [0.1, 0.15) is 5.75 Å². The molecule has 2 aliphatic heterocycles. The first-order valence-electron chi connectivity index (χ1n) is 8.67. The summed E-state index contributed by atoms with van der Waals surface area (Å²) in [6.07, 6.45) is 1.47. The summed E-state index contributed by atoms with van der Waals surface area (Å²) in [5.41, 5.74) is 1.26. The van der Waals surface area contributed by atoms with Crippen LogP contribution in [0.5, 0.6) is 5.75 Å². The van der Waals surface area contributed by atoms with Crippen molar-refractivity contribution >= 4 is 5.91 Å². The number of benzene rings is 1. The molecule has 0 radical (unpaired) electrons. The predicted octanol–water partition coefficient (Wildman–Crippen LogP) is 2.73. The molecule has 5 nitrogen and oxygen atoms in total. The number of amides is 1.